The van der Waals surface area contributed by atoms with E-state index in [-0.39, 0.29) is 51.0 Å². The molecule has 2 rings (SSSR count). The summed E-state index contributed by atoms with van der Waals surface area (Å²) in [6.07, 6.45) is 14.7. The number of allylic oxidation sites excluding steroid dienone is 4. The van der Waals surface area contributed by atoms with Crippen LogP contribution >= 0.6 is 0 Å². The average Bonchev–Trinajstić information content (AvgIpc) is 2.57. The van der Waals surface area contributed by atoms with E-state index in [9.17, 15) is 0 Å². The molecule has 0 saturated carbocycles. The van der Waals surface area contributed by atoms with Crippen LogP contribution < -0.4 is 24.8 Å². The third-order valence-electron chi connectivity index (χ3n) is 1.27. The maximum atomic E-state index is 2.99. The van der Waals surface area contributed by atoms with E-state index in [1.54, 1.807) is 0 Å². The molecule has 1 N–H and O–H groups in total. The van der Waals surface area contributed by atoms with Crippen LogP contribution in [0.3, 0.4) is 0 Å². The molecule has 0 spiro atoms. The second-order valence-corrected chi connectivity index (χ2v) is 2.29. The van der Waals surface area contributed by atoms with Gasteiger partial charge >= 0.3 is 26.2 Å². The minimum atomic E-state index is 0. The maximum absolute atomic E-state index is 2.99. The standard InChI is InChI=1S/C5H6N.C5H5.2ClH.Zr/c1-5-2-3-6-4-5;1-2-4-5-3-1;;;/h2-3,6H,1H3;1-3H,4H2;2*1H;/q2*-1;;;+4/p-2. The van der Waals surface area contributed by atoms with Gasteiger partial charge < -0.3 is 29.8 Å². The zero-order valence-electron chi connectivity index (χ0n) is 7.85. The molecule has 0 fully saturated rings. The normalized spacial score (nSPS) is 10.1. The fourth-order valence-corrected chi connectivity index (χ4v) is 0.704. The molecule has 1 aliphatic rings. The number of halogens is 2. The number of rotatable bonds is 0. The largest absolute Gasteiger partial charge is 4.00 e. The number of aromatic amines is 1. The Morgan fingerprint density at radius 3 is 2.21 bits per heavy atom. The third-order valence-corrected chi connectivity index (χ3v) is 1.27. The second kappa shape index (κ2) is 13.2. The Bertz CT molecular complexity index is 233. The predicted octanol–water partition coefficient (Wildman–Crippen LogP) is -3.57. The smallest absolute Gasteiger partial charge is 1.00 e. The van der Waals surface area contributed by atoms with E-state index in [0.717, 1.165) is 12.0 Å². The van der Waals surface area contributed by atoms with E-state index in [0.29, 0.717) is 0 Å². The summed E-state index contributed by atoms with van der Waals surface area (Å²) in [6, 6.07) is 1.97. The van der Waals surface area contributed by atoms with Gasteiger partial charge in [0.1, 0.15) is 0 Å². The first-order valence-corrected chi connectivity index (χ1v) is 3.63. The molecule has 0 saturated heterocycles. The topological polar surface area (TPSA) is 15.8 Å². The van der Waals surface area contributed by atoms with Crippen LogP contribution in [0.1, 0.15) is 12.0 Å². The van der Waals surface area contributed by atoms with Crippen molar-refractivity contribution >= 4 is 0 Å². The van der Waals surface area contributed by atoms with Crippen molar-refractivity contribution in [3.05, 3.63) is 48.3 Å². The van der Waals surface area contributed by atoms with Gasteiger partial charge in [0.25, 0.3) is 0 Å². The third kappa shape index (κ3) is 10.3. The van der Waals surface area contributed by atoms with Crippen LogP contribution in [-0.2, 0) is 26.2 Å². The molecule has 14 heavy (non-hydrogen) atoms. The Kier molecular flexibility index (Phi) is 18.6. The zero-order valence-corrected chi connectivity index (χ0v) is 11.8. The van der Waals surface area contributed by atoms with Gasteiger partial charge in [0.05, 0.1) is 0 Å². The molecule has 1 aliphatic carbocycles. The van der Waals surface area contributed by atoms with E-state index in [4.69, 9.17) is 0 Å². The molecule has 1 aromatic heterocycles. The summed E-state index contributed by atoms with van der Waals surface area (Å²) in [5.41, 5.74) is 1.16. The minimum Gasteiger partial charge on any atom is -1.00 e. The Labute approximate surface area is 117 Å². The molecule has 0 unspecified atom stereocenters. The fraction of sp³-hybridized carbons (Fsp3) is 0.200. The van der Waals surface area contributed by atoms with Gasteiger partial charge in [0.15, 0.2) is 0 Å². The summed E-state index contributed by atoms with van der Waals surface area (Å²) in [7, 11) is 0. The van der Waals surface area contributed by atoms with Crippen molar-refractivity contribution in [1.82, 2.24) is 4.98 Å². The van der Waals surface area contributed by atoms with Crippen molar-refractivity contribution in [3.63, 3.8) is 0 Å². The second-order valence-electron chi connectivity index (χ2n) is 2.29. The molecule has 0 amide bonds. The summed E-state index contributed by atoms with van der Waals surface area (Å²) >= 11 is 0. The monoisotopic (exact) mass is 305 g/mol. The van der Waals surface area contributed by atoms with Gasteiger partial charge in [-0.1, -0.05) is 6.92 Å². The summed E-state index contributed by atoms with van der Waals surface area (Å²) in [5.74, 6) is 0. The molecule has 1 aromatic rings. The first-order chi connectivity index (χ1) is 5.39. The quantitative estimate of drug-likeness (QED) is 0.478. The van der Waals surface area contributed by atoms with Gasteiger partial charge in [0.2, 0.25) is 0 Å². The molecule has 0 aromatic carbocycles. The van der Waals surface area contributed by atoms with Crippen molar-refractivity contribution in [3.8, 4) is 0 Å². The van der Waals surface area contributed by atoms with E-state index in [2.05, 4.69) is 23.3 Å². The van der Waals surface area contributed by atoms with Crippen molar-refractivity contribution < 1.29 is 51.0 Å². The maximum Gasteiger partial charge on any atom is 4.00 e. The van der Waals surface area contributed by atoms with Gasteiger partial charge in [-0.15, -0.1) is 12.6 Å². The Morgan fingerprint density at radius 2 is 2.07 bits per heavy atom. The van der Waals surface area contributed by atoms with Crippen LogP contribution in [0.15, 0.2) is 30.5 Å². The van der Waals surface area contributed by atoms with E-state index >= 15 is 0 Å². The SMILES string of the molecule is Cc1[c-][nH]cc1.[C-]1=CC=CC1.[Cl-].[Cl-].[Zr+4]. The Balaban J connectivity index is -0.000000144. The van der Waals surface area contributed by atoms with Gasteiger partial charge in [-0.05, 0) is 0 Å². The van der Waals surface area contributed by atoms with Crippen molar-refractivity contribution in [2.45, 2.75) is 13.3 Å². The summed E-state index contributed by atoms with van der Waals surface area (Å²) in [5, 5.41) is 0. The number of H-pyrrole nitrogens is 1. The summed E-state index contributed by atoms with van der Waals surface area (Å²) in [4.78, 5) is 2.80. The van der Waals surface area contributed by atoms with Crippen LogP contribution in [-0.4, -0.2) is 4.98 Å². The number of hydrogen-bond donors (Lipinski definition) is 1. The molecule has 1 nitrogen and oxygen atoms in total. The number of hydrogen-bond acceptors (Lipinski definition) is 0. The number of nitrogens with one attached hydrogen (secondary N) is 1. The number of aryl methyl sites for hydroxylation is 1. The van der Waals surface area contributed by atoms with Crippen molar-refractivity contribution in [1.29, 1.82) is 0 Å². The minimum absolute atomic E-state index is 0. The van der Waals surface area contributed by atoms with Crippen LogP contribution in [0.2, 0.25) is 0 Å². The molecule has 74 valence electrons. The van der Waals surface area contributed by atoms with Crippen LogP contribution in [0.5, 0.6) is 0 Å². The van der Waals surface area contributed by atoms with Gasteiger partial charge in [-0.2, -0.15) is 23.9 Å². The van der Waals surface area contributed by atoms with Crippen molar-refractivity contribution in [2.75, 3.05) is 0 Å². The molecule has 0 radical (unpaired) electrons. The first-order valence-electron chi connectivity index (χ1n) is 3.63. The Morgan fingerprint density at radius 1 is 1.36 bits per heavy atom. The molecule has 1 heterocycles. The van der Waals surface area contributed by atoms with E-state index < -0.39 is 0 Å². The van der Waals surface area contributed by atoms with Crippen LogP contribution in [0.25, 0.3) is 0 Å². The predicted molar refractivity (Wildman–Crippen MR) is 45.9 cm³/mol. The first kappa shape index (κ1) is 19.7. The van der Waals surface area contributed by atoms with Crippen LogP contribution in [0, 0.1) is 19.2 Å². The van der Waals surface area contributed by atoms with Gasteiger partial charge in [-0.25, -0.2) is 12.2 Å². The molecular weight excluding hydrogens is 296 g/mol. The van der Waals surface area contributed by atoms with Crippen LogP contribution in [0.4, 0.5) is 0 Å². The molecule has 0 atom stereocenters. The zero-order chi connectivity index (χ0) is 7.94. The Hall–Kier alpha value is 0.223. The molecule has 4 heteroatoms. The fourth-order valence-electron chi connectivity index (χ4n) is 0.704. The molecule has 0 aliphatic heterocycles. The summed E-state index contributed by atoms with van der Waals surface area (Å²) in [6.45, 7) is 2.00. The van der Waals surface area contributed by atoms with E-state index in [1.165, 1.54) is 0 Å². The number of aromatic nitrogens is 1. The molecular formula is C10H11Cl2NZr. The van der Waals surface area contributed by atoms with Gasteiger partial charge in [0, 0.05) is 0 Å². The average molecular weight is 307 g/mol. The van der Waals surface area contributed by atoms with E-state index in [1.807, 2.05) is 31.3 Å². The summed E-state index contributed by atoms with van der Waals surface area (Å²) < 4.78 is 0. The van der Waals surface area contributed by atoms with Crippen molar-refractivity contribution in [2.24, 2.45) is 0 Å². The molecule has 0 bridgehead atoms. The van der Waals surface area contributed by atoms with Gasteiger partial charge in [-0.3, -0.25) is 6.08 Å².